The fraction of sp³-hybridized carbons (Fsp3) is 0. The third-order valence-electron chi connectivity index (χ3n) is 3.12. The second-order valence-electron chi connectivity index (χ2n) is 4.42. The average molecular weight is 263 g/mol. The van der Waals surface area contributed by atoms with Crippen molar-refractivity contribution in [1.82, 2.24) is 14.6 Å². The van der Waals surface area contributed by atoms with Gasteiger partial charge in [0.05, 0.1) is 0 Å². The van der Waals surface area contributed by atoms with Gasteiger partial charge in [-0.25, -0.2) is 14.3 Å². The Bertz CT molecular complexity index is 952. The summed E-state index contributed by atoms with van der Waals surface area (Å²) in [6.07, 6.45) is 1.79. The van der Waals surface area contributed by atoms with Gasteiger partial charge in [0.2, 0.25) is 0 Å². The summed E-state index contributed by atoms with van der Waals surface area (Å²) in [5, 5.41) is 5.14. The highest BCUT2D eigenvalue weighted by Gasteiger charge is 2.12. The highest BCUT2D eigenvalue weighted by molar-refractivity contribution is 5.80. The molecule has 3 heterocycles. The lowest BCUT2D eigenvalue weighted by Gasteiger charge is -1.97. The van der Waals surface area contributed by atoms with Crippen molar-refractivity contribution >= 4 is 16.6 Å². The summed E-state index contributed by atoms with van der Waals surface area (Å²) in [5.74, 6) is 0.371. The summed E-state index contributed by atoms with van der Waals surface area (Å²) in [4.78, 5) is 16.4. The first kappa shape index (κ1) is 10.9. The molecule has 3 aromatic heterocycles. The minimum atomic E-state index is -0.431. The lowest BCUT2D eigenvalue weighted by atomic mass is 10.2. The monoisotopic (exact) mass is 263 g/mol. The van der Waals surface area contributed by atoms with Gasteiger partial charge in [-0.1, -0.05) is 24.3 Å². The molecule has 96 valence electrons. The van der Waals surface area contributed by atoms with Gasteiger partial charge < -0.3 is 4.42 Å². The van der Waals surface area contributed by atoms with E-state index in [0.717, 1.165) is 5.39 Å². The first-order valence-corrected chi connectivity index (χ1v) is 6.16. The summed E-state index contributed by atoms with van der Waals surface area (Å²) < 4.78 is 6.93. The molecular weight excluding hydrogens is 254 g/mol. The summed E-state index contributed by atoms with van der Waals surface area (Å²) in [5.41, 5.74) is 1.19. The second-order valence-corrected chi connectivity index (χ2v) is 4.42. The average Bonchev–Trinajstić information content (AvgIpc) is 2.90. The molecule has 0 aliphatic carbocycles. The smallest absolute Gasteiger partial charge is 0.347 e. The van der Waals surface area contributed by atoms with Crippen molar-refractivity contribution in [3.05, 3.63) is 65.1 Å². The van der Waals surface area contributed by atoms with Crippen molar-refractivity contribution in [3.63, 3.8) is 0 Å². The SMILES string of the molecule is O=c1oc2ccccc2cc1-c1nc2ccccn2n1. The number of aromatic nitrogens is 3. The van der Waals surface area contributed by atoms with Crippen LogP contribution in [0.1, 0.15) is 0 Å². The zero-order valence-corrected chi connectivity index (χ0v) is 10.4. The van der Waals surface area contributed by atoms with Crippen LogP contribution in [0.2, 0.25) is 0 Å². The molecule has 0 radical (unpaired) electrons. The predicted octanol–water partition coefficient (Wildman–Crippen LogP) is 2.50. The minimum absolute atomic E-state index is 0.368. The molecule has 0 amide bonds. The highest BCUT2D eigenvalue weighted by atomic mass is 16.4. The molecule has 5 nitrogen and oxygen atoms in total. The molecule has 0 aliphatic rings. The molecule has 0 atom stereocenters. The molecule has 1 aromatic carbocycles. The van der Waals surface area contributed by atoms with E-state index < -0.39 is 5.63 Å². The van der Waals surface area contributed by atoms with Gasteiger partial charge in [-0.2, -0.15) is 0 Å². The number of benzene rings is 1. The van der Waals surface area contributed by atoms with Gasteiger partial charge in [0.1, 0.15) is 11.1 Å². The van der Waals surface area contributed by atoms with Crippen LogP contribution in [0.4, 0.5) is 0 Å². The van der Waals surface area contributed by atoms with E-state index in [2.05, 4.69) is 10.1 Å². The zero-order valence-electron chi connectivity index (χ0n) is 10.4. The van der Waals surface area contributed by atoms with Crippen molar-refractivity contribution < 1.29 is 4.42 Å². The Kier molecular flexibility index (Phi) is 2.20. The maximum Gasteiger partial charge on any atom is 0.347 e. The lowest BCUT2D eigenvalue weighted by molar-refractivity contribution is 0.563. The molecule has 5 heteroatoms. The zero-order chi connectivity index (χ0) is 13.5. The molecular formula is C15H9N3O2. The van der Waals surface area contributed by atoms with Crippen LogP contribution in [-0.2, 0) is 0 Å². The number of pyridine rings is 1. The summed E-state index contributed by atoms with van der Waals surface area (Å²) in [6.45, 7) is 0. The molecule has 0 fully saturated rings. The van der Waals surface area contributed by atoms with E-state index in [1.807, 2.05) is 36.4 Å². The first-order chi connectivity index (χ1) is 9.81. The quantitative estimate of drug-likeness (QED) is 0.495. The Morgan fingerprint density at radius 1 is 1.05 bits per heavy atom. The standard InChI is InChI=1S/C15H9N3O2/c19-15-11(9-10-5-1-2-6-12(10)20-15)14-16-13-7-3-4-8-18(13)17-14/h1-9H. The number of hydrogen-bond acceptors (Lipinski definition) is 4. The molecule has 0 saturated heterocycles. The third-order valence-corrected chi connectivity index (χ3v) is 3.12. The van der Waals surface area contributed by atoms with Crippen LogP contribution in [0.15, 0.2) is 63.9 Å². The van der Waals surface area contributed by atoms with Crippen LogP contribution in [0.5, 0.6) is 0 Å². The van der Waals surface area contributed by atoms with E-state index in [4.69, 9.17) is 4.42 Å². The van der Waals surface area contributed by atoms with E-state index in [9.17, 15) is 4.79 Å². The van der Waals surface area contributed by atoms with Crippen LogP contribution in [0.25, 0.3) is 28.0 Å². The van der Waals surface area contributed by atoms with Crippen molar-refractivity contribution in [3.8, 4) is 11.4 Å². The number of hydrogen-bond donors (Lipinski definition) is 0. The third kappa shape index (κ3) is 1.60. The van der Waals surface area contributed by atoms with Gasteiger partial charge in [0.25, 0.3) is 0 Å². The predicted molar refractivity (Wildman–Crippen MR) is 74.5 cm³/mol. The number of fused-ring (bicyclic) bond motifs is 2. The largest absolute Gasteiger partial charge is 0.422 e. The fourth-order valence-electron chi connectivity index (χ4n) is 2.16. The van der Waals surface area contributed by atoms with Crippen LogP contribution in [0.3, 0.4) is 0 Å². The van der Waals surface area contributed by atoms with Crippen molar-refractivity contribution in [2.75, 3.05) is 0 Å². The molecule has 0 bridgehead atoms. The van der Waals surface area contributed by atoms with Crippen LogP contribution in [-0.4, -0.2) is 14.6 Å². The van der Waals surface area contributed by atoms with E-state index in [1.165, 1.54) is 0 Å². The summed E-state index contributed by atoms with van der Waals surface area (Å²) >= 11 is 0. The van der Waals surface area contributed by atoms with Gasteiger partial charge in [0.15, 0.2) is 11.5 Å². The molecule has 20 heavy (non-hydrogen) atoms. The van der Waals surface area contributed by atoms with Gasteiger partial charge in [-0.15, -0.1) is 5.10 Å². The molecule has 4 rings (SSSR count). The Morgan fingerprint density at radius 3 is 2.80 bits per heavy atom. The van der Waals surface area contributed by atoms with E-state index in [1.54, 1.807) is 22.8 Å². The van der Waals surface area contributed by atoms with Crippen molar-refractivity contribution in [2.24, 2.45) is 0 Å². The Labute approximate surface area is 113 Å². The van der Waals surface area contributed by atoms with Crippen molar-refractivity contribution in [2.45, 2.75) is 0 Å². The number of rotatable bonds is 1. The van der Waals surface area contributed by atoms with E-state index in [0.29, 0.717) is 22.6 Å². The Balaban J connectivity index is 2.01. The van der Waals surface area contributed by atoms with Crippen molar-refractivity contribution in [1.29, 1.82) is 0 Å². The molecule has 0 spiro atoms. The van der Waals surface area contributed by atoms with E-state index in [-0.39, 0.29) is 0 Å². The fourth-order valence-corrected chi connectivity index (χ4v) is 2.16. The number of nitrogens with zero attached hydrogens (tertiary/aromatic N) is 3. The van der Waals surface area contributed by atoms with Gasteiger partial charge >= 0.3 is 5.63 Å². The summed E-state index contributed by atoms with van der Waals surface area (Å²) in [7, 11) is 0. The second kappa shape index (κ2) is 4.03. The molecule has 0 N–H and O–H groups in total. The Morgan fingerprint density at radius 2 is 1.90 bits per heavy atom. The van der Waals surface area contributed by atoms with Gasteiger partial charge in [0, 0.05) is 11.6 Å². The Hall–Kier alpha value is -2.95. The lowest BCUT2D eigenvalue weighted by Crippen LogP contribution is -2.03. The normalized spacial score (nSPS) is 11.2. The van der Waals surface area contributed by atoms with E-state index >= 15 is 0 Å². The number of para-hydroxylation sites is 1. The minimum Gasteiger partial charge on any atom is -0.422 e. The van der Waals surface area contributed by atoms with Crippen LogP contribution in [0, 0.1) is 0 Å². The molecule has 0 unspecified atom stereocenters. The first-order valence-electron chi connectivity index (χ1n) is 6.16. The maximum absolute atomic E-state index is 12.1. The highest BCUT2D eigenvalue weighted by Crippen LogP contribution is 2.18. The summed E-state index contributed by atoms with van der Waals surface area (Å²) in [6, 6.07) is 14.7. The van der Waals surface area contributed by atoms with Crippen LogP contribution >= 0.6 is 0 Å². The maximum atomic E-state index is 12.1. The molecule has 0 aliphatic heterocycles. The topological polar surface area (TPSA) is 60.4 Å². The van der Waals surface area contributed by atoms with Crippen LogP contribution < -0.4 is 5.63 Å². The molecule has 0 saturated carbocycles. The van der Waals surface area contributed by atoms with Gasteiger partial charge in [-0.05, 0) is 24.3 Å². The molecule has 4 aromatic rings. The van der Waals surface area contributed by atoms with Gasteiger partial charge in [-0.3, -0.25) is 0 Å².